The third-order valence-electron chi connectivity index (χ3n) is 0.283. The fourth-order valence-corrected chi connectivity index (χ4v) is 1.57. The van der Waals surface area contributed by atoms with E-state index in [2.05, 4.69) is 7.26 Å². The molecular formula is H6Na4O9S3. The second kappa shape index (κ2) is 13.9. The zero-order valence-corrected chi connectivity index (χ0v) is 7.43. The molecule has 0 spiro atoms. The van der Waals surface area contributed by atoms with Gasteiger partial charge in [-0.1, -0.05) is 0 Å². The Bertz CT molecular complexity index is 330. The van der Waals surface area contributed by atoms with E-state index < -0.39 is 32.2 Å². The quantitative estimate of drug-likeness (QED) is 0.383. The van der Waals surface area contributed by atoms with Crippen LogP contribution in [-0.4, -0.2) is 148 Å². The van der Waals surface area contributed by atoms with Gasteiger partial charge in [-0.2, -0.15) is 21.0 Å². The maximum absolute atomic E-state index is 10.1. The van der Waals surface area contributed by atoms with Crippen molar-refractivity contribution in [1.82, 2.24) is 0 Å². The topological polar surface area (TPSA) is 144 Å². The van der Waals surface area contributed by atoms with Crippen molar-refractivity contribution in [3.8, 4) is 0 Å². The molecule has 0 radical (unpaired) electrons. The van der Waals surface area contributed by atoms with Gasteiger partial charge in [0.15, 0.2) is 0 Å². The zero-order valence-electron chi connectivity index (χ0n) is 4.98. The van der Waals surface area contributed by atoms with Gasteiger partial charge in [-0.05, 0) is 0 Å². The van der Waals surface area contributed by atoms with Crippen LogP contribution < -0.4 is 0 Å². The zero-order chi connectivity index (χ0) is 9.99. The Morgan fingerprint density at radius 3 is 1.06 bits per heavy atom. The van der Waals surface area contributed by atoms with Crippen LogP contribution in [-0.2, 0) is 39.4 Å². The predicted octanol–water partition coefficient (Wildman–Crippen LogP) is -4.39. The normalized spacial score (nSPS) is 10.2. The van der Waals surface area contributed by atoms with Gasteiger partial charge in [0.05, 0.1) is 0 Å². The molecule has 0 aromatic rings. The molecule has 0 saturated heterocycles. The van der Waals surface area contributed by atoms with Gasteiger partial charge in [-0.15, -0.1) is 7.26 Å². The molecule has 0 aliphatic heterocycles. The van der Waals surface area contributed by atoms with Crippen molar-refractivity contribution in [2.45, 2.75) is 0 Å². The molecule has 0 aliphatic rings. The molecule has 0 fully saturated rings. The Morgan fingerprint density at radius 2 is 0.938 bits per heavy atom. The molecule has 0 atom stereocenters. The third kappa shape index (κ3) is 26.5. The van der Waals surface area contributed by atoms with Crippen molar-refractivity contribution in [3.05, 3.63) is 0 Å². The first kappa shape index (κ1) is 32.0. The molecule has 9 nitrogen and oxygen atoms in total. The van der Waals surface area contributed by atoms with E-state index in [0.717, 1.165) is 0 Å². The van der Waals surface area contributed by atoms with E-state index in [4.69, 9.17) is 9.11 Å². The Balaban J connectivity index is -0.000000101. The van der Waals surface area contributed by atoms with E-state index in [1.165, 1.54) is 0 Å². The first-order valence-corrected chi connectivity index (χ1v) is 5.60. The van der Waals surface area contributed by atoms with Crippen molar-refractivity contribution in [2.24, 2.45) is 0 Å². The van der Waals surface area contributed by atoms with E-state index in [1.807, 2.05) is 0 Å². The van der Waals surface area contributed by atoms with Gasteiger partial charge in [-0.25, -0.2) is 0 Å². The van der Waals surface area contributed by atoms with E-state index >= 15 is 0 Å². The van der Waals surface area contributed by atoms with Crippen LogP contribution in [0.5, 0.6) is 0 Å². The molecular weight excluding hydrogens is 332 g/mol. The third-order valence-corrected chi connectivity index (χ3v) is 2.55. The minimum atomic E-state index is -5.10. The summed E-state index contributed by atoms with van der Waals surface area (Å²) in [5, 5.41) is 0. The molecule has 0 rings (SSSR count). The summed E-state index contributed by atoms with van der Waals surface area (Å²) in [6, 6.07) is 0. The van der Waals surface area contributed by atoms with E-state index in [1.54, 1.807) is 0 Å². The molecule has 0 saturated carbocycles. The average Bonchev–Trinajstić information content (AvgIpc) is 1.49. The number of hydrogen-bond donors (Lipinski definition) is 2. The fraction of sp³-hybridized carbons (Fsp3) is 0. The Kier molecular flexibility index (Phi) is 27.7. The Morgan fingerprint density at radius 1 is 0.750 bits per heavy atom. The van der Waals surface area contributed by atoms with Gasteiger partial charge in [-0.3, -0.25) is 9.11 Å². The summed E-state index contributed by atoms with van der Waals surface area (Å²) in [5.41, 5.74) is 0. The summed E-state index contributed by atoms with van der Waals surface area (Å²) < 4.78 is 70.6. The van der Waals surface area contributed by atoms with Gasteiger partial charge < -0.3 is 0 Å². The second-order valence-corrected chi connectivity index (χ2v) is 4.40. The van der Waals surface area contributed by atoms with E-state index in [-0.39, 0.29) is 118 Å². The SMILES string of the molecule is O=S(OS(=O)(=O)O)OS(=O)(=O)O.[NaH].[NaH].[NaH].[NaH]. The van der Waals surface area contributed by atoms with Crippen LogP contribution in [0.3, 0.4) is 0 Å². The van der Waals surface area contributed by atoms with Crippen LogP contribution in [0.4, 0.5) is 0 Å². The molecule has 0 aliphatic carbocycles. The summed E-state index contributed by atoms with van der Waals surface area (Å²) in [5.74, 6) is 0. The fourth-order valence-electron chi connectivity index (χ4n) is 0.152. The molecule has 2 N–H and O–H groups in total. The molecule has 0 aromatic heterocycles. The van der Waals surface area contributed by atoms with Gasteiger partial charge in [0.25, 0.3) is 0 Å². The molecule has 16 heteroatoms. The molecule has 0 aromatic carbocycles. The van der Waals surface area contributed by atoms with Crippen molar-refractivity contribution < 1.29 is 37.4 Å². The van der Waals surface area contributed by atoms with E-state index in [0.29, 0.717) is 0 Å². The summed E-state index contributed by atoms with van der Waals surface area (Å²) in [7, 11) is -10.2. The van der Waals surface area contributed by atoms with Crippen molar-refractivity contribution in [1.29, 1.82) is 0 Å². The van der Waals surface area contributed by atoms with Crippen molar-refractivity contribution >= 4 is 150 Å². The summed E-state index contributed by atoms with van der Waals surface area (Å²) >= 11 is -3.33. The van der Waals surface area contributed by atoms with Gasteiger partial charge >= 0.3 is 150 Å². The Labute approximate surface area is 184 Å². The number of rotatable bonds is 4. The summed E-state index contributed by atoms with van der Waals surface area (Å²) in [6.07, 6.45) is 0. The molecule has 0 unspecified atom stereocenters. The van der Waals surface area contributed by atoms with E-state index in [9.17, 15) is 21.0 Å². The summed E-state index contributed by atoms with van der Waals surface area (Å²) in [4.78, 5) is 0. The van der Waals surface area contributed by atoms with Crippen LogP contribution >= 0.6 is 0 Å². The van der Waals surface area contributed by atoms with Crippen LogP contribution in [0, 0.1) is 0 Å². The monoisotopic (exact) mass is 338 g/mol. The number of hydrogen-bond acceptors (Lipinski definition) is 7. The molecule has 82 valence electrons. The molecule has 16 heavy (non-hydrogen) atoms. The van der Waals surface area contributed by atoms with Gasteiger partial charge in [0, 0.05) is 0 Å². The second-order valence-electron chi connectivity index (χ2n) is 1.20. The molecule has 0 amide bonds. The average molecular weight is 338 g/mol. The van der Waals surface area contributed by atoms with Gasteiger partial charge in [0.1, 0.15) is 0 Å². The van der Waals surface area contributed by atoms with Crippen LogP contribution in [0.15, 0.2) is 0 Å². The summed E-state index contributed by atoms with van der Waals surface area (Å²) in [6.45, 7) is 0. The first-order valence-electron chi connectivity index (χ1n) is 1.87. The van der Waals surface area contributed by atoms with Crippen LogP contribution in [0.1, 0.15) is 0 Å². The van der Waals surface area contributed by atoms with Crippen LogP contribution in [0.2, 0.25) is 0 Å². The molecule has 0 bridgehead atoms. The molecule has 0 heterocycles. The van der Waals surface area contributed by atoms with Crippen molar-refractivity contribution in [3.63, 3.8) is 0 Å². The van der Waals surface area contributed by atoms with Crippen molar-refractivity contribution in [2.75, 3.05) is 0 Å². The standard InChI is InChI=1S/4Na.H2O9S3.4H/c;;;;1-10(8-11(2,3)4)9-12(5,6)7;;;;/h;;;;(H,2,3,4)(H,5,6,7);;;;. The Hall–Kier alpha value is 3.89. The maximum atomic E-state index is 10.1. The minimum absolute atomic E-state index is 0. The van der Waals surface area contributed by atoms with Gasteiger partial charge in [0.2, 0.25) is 0 Å². The predicted molar refractivity (Wildman–Crippen MR) is 62.0 cm³/mol. The van der Waals surface area contributed by atoms with Crippen LogP contribution in [0.25, 0.3) is 0 Å². The first-order chi connectivity index (χ1) is 5.10.